The Bertz CT molecular complexity index is 2460. The summed E-state index contributed by atoms with van der Waals surface area (Å²) in [4.78, 5) is 60.5. The van der Waals surface area contributed by atoms with Crippen LogP contribution in [0.3, 0.4) is 0 Å². The van der Waals surface area contributed by atoms with E-state index in [4.69, 9.17) is 0 Å². The van der Waals surface area contributed by atoms with E-state index in [1.165, 1.54) is 60.7 Å². The average Bonchev–Trinajstić information content (AvgIpc) is 3.14. The summed E-state index contributed by atoms with van der Waals surface area (Å²) in [5.74, 6) is -4.02. The Morgan fingerprint density at radius 2 is 1.18 bits per heavy atom. The molecule has 0 spiro atoms. The van der Waals surface area contributed by atoms with Gasteiger partial charge in [0.05, 0.1) is 28.0 Å². The number of rotatable bonds is 10. The predicted octanol–water partition coefficient (Wildman–Crippen LogP) is -2.67. The Morgan fingerprint density at radius 3 is 1.80 bits per heavy atom. The van der Waals surface area contributed by atoms with Gasteiger partial charge in [0, 0.05) is 33.6 Å². The number of ketones is 2. The van der Waals surface area contributed by atoms with Crippen molar-refractivity contribution >= 4 is 79.7 Å². The van der Waals surface area contributed by atoms with Gasteiger partial charge in [-0.25, -0.2) is 8.42 Å². The van der Waals surface area contributed by atoms with E-state index in [0.717, 1.165) is 18.2 Å². The van der Waals surface area contributed by atoms with Crippen molar-refractivity contribution < 1.29 is 101 Å². The van der Waals surface area contributed by atoms with Gasteiger partial charge in [-0.15, -0.1) is 0 Å². The van der Waals surface area contributed by atoms with E-state index >= 15 is 0 Å². The van der Waals surface area contributed by atoms with Crippen LogP contribution in [0.5, 0.6) is 0 Å². The minimum absolute atomic E-state index is 0. The third kappa shape index (κ3) is 10.5. The number of amides is 2. The molecule has 0 aromatic heterocycles. The van der Waals surface area contributed by atoms with Crippen molar-refractivity contribution in [3.63, 3.8) is 0 Å². The van der Waals surface area contributed by atoms with Crippen LogP contribution in [0.25, 0.3) is 6.08 Å². The van der Waals surface area contributed by atoms with Crippen molar-refractivity contribution in [3.05, 3.63) is 148 Å². The molecule has 0 saturated carbocycles. The number of benzene rings is 4. The molecule has 0 unspecified atom stereocenters. The third-order valence-corrected chi connectivity index (χ3v) is 8.53. The van der Waals surface area contributed by atoms with Crippen LogP contribution in [0.4, 0.5) is 22.7 Å². The quantitative estimate of drug-likeness (QED) is 0.0426. The summed E-state index contributed by atoms with van der Waals surface area (Å²) >= 11 is 0. The van der Waals surface area contributed by atoms with Gasteiger partial charge in [-0.2, -0.15) is 10.2 Å². The molecule has 0 saturated heterocycles. The van der Waals surface area contributed by atoms with Crippen LogP contribution < -0.4 is 85.7 Å². The predicted molar refractivity (Wildman–Crippen MR) is 193 cm³/mol. The Kier molecular flexibility index (Phi) is 14.2. The molecule has 0 aliphatic heterocycles. The van der Waals surface area contributed by atoms with E-state index < -0.39 is 55.7 Å². The number of carboxylic acid groups (broad SMARTS) is 1. The number of carbonyl (C=O) groups is 5. The summed E-state index contributed by atoms with van der Waals surface area (Å²) in [6.07, 6.45) is 4.50. The second kappa shape index (κ2) is 18.4. The van der Waals surface area contributed by atoms with Crippen LogP contribution in [-0.4, -0.2) is 53.7 Å². The monoisotopic (exact) mass is 774 g/mol. The number of Topliss-reactive ketones (excluding diaryl/α,β-unsaturated/α-hetero) is 1. The van der Waals surface area contributed by atoms with Gasteiger partial charge in [0.25, 0.3) is 11.8 Å². The number of hydrogen-bond acceptors (Lipinski definition) is 13. The maximum Gasteiger partial charge on any atom is 1.00 e. The number of fused-ring (bicyclic) bond motifs is 1. The molecule has 0 radical (unpaired) electrons. The molecule has 0 fully saturated rings. The first-order valence-corrected chi connectivity index (χ1v) is 16.8. The van der Waals surface area contributed by atoms with Crippen molar-refractivity contribution in [2.24, 2.45) is 10.2 Å². The van der Waals surface area contributed by atoms with Crippen molar-refractivity contribution in [3.8, 4) is 0 Å². The fourth-order valence-corrected chi connectivity index (χ4v) is 5.68. The SMILES string of the molecule is O=C([O-])C1=CC(=NNc2ccc(C(=O)Nc3ccc(NN=C4C(=O)c5ccc(NC(=O)c6ccccc6)cc5C=C4S(=O)(=O)[O-])cc3)cc2)C=CC1=O.[Na+].[Na+]. The number of nitrogens with zero attached hydrogens (tertiary/aromatic N) is 2. The number of nitrogens with one attached hydrogen (secondary N) is 4. The number of allylic oxidation sites excluding steroid dienone is 4. The van der Waals surface area contributed by atoms with Crippen LogP contribution in [0.2, 0.25) is 0 Å². The molecule has 55 heavy (non-hydrogen) atoms. The van der Waals surface area contributed by atoms with Crippen molar-refractivity contribution in [1.82, 2.24) is 0 Å². The van der Waals surface area contributed by atoms with Crippen LogP contribution in [-0.2, 0) is 19.7 Å². The molecule has 0 heterocycles. The minimum atomic E-state index is -5.16. The summed E-state index contributed by atoms with van der Waals surface area (Å²) < 4.78 is 36.6. The van der Waals surface area contributed by atoms with Crippen LogP contribution in [0, 0.1) is 0 Å². The summed E-state index contributed by atoms with van der Waals surface area (Å²) in [7, 11) is -5.16. The van der Waals surface area contributed by atoms with E-state index in [9.17, 15) is 42.0 Å². The number of carboxylic acids is 1. The first-order chi connectivity index (χ1) is 25.4. The molecule has 15 nitrogen and oxygen atoms in total. The van der Waals surface area contributed by atoms with Gasteiger partial charge in [-0.1, -0.05) is 18.2 Å². The number of aliphatic carboxylic acids is 1. The fourth-order valence-electron chi connectivity index (χ4n) is 5.03. The van der Waals surface area contributed by atoms with Crippen LogP contribution in [0.15, 0.2) is 136 Å². The normalized spacial score (nSPS) is 14.7. The van der Waals surface area contributed by atoms with Gasteiger partial charge in [0.1, 0.15) is 15.8 Å². The van der Waals surface area contributed by atoms with Crippen molar-refractivity contribution in [2.45, 2.75) is 0 Å². The molecule has 2 aliphatic carbocycles. The molecule has 0 atom stereocenters. The second-order valence-corrected chi connectivity index (χ2v) is 12.6. The molecule has 4 aromatic carbocycles. The molecule has 2 aliphatic rings. The van der Waals surface area contributed by atoms with E-state index in [2.05, 4.69) is 31.7 Å². The Balaban J connectivity index is 0.00000336. The topological polar surface area (TPSA) is 238 Å². The smallest absolute Gasteiger partial charge is 0.744 e. The molecule has 2 amide bonds. The van der Waals surface area contributed by atoms with Gasteiger partial charge in [0.2, 0.25) is 5.78 Å². The molecule has 4 N–H and O–H groups in total. The molecule has 4 aromatic rings. The molecular weight excluding hydrogens is 750 g/mol. The van der Waals surface area contributed by atoms with Crippen LogP contribution in [0.1, 0.15) is 36.6 Å². The summed E-state index contributed by atoms with van der Waals surface area (Å²) in [6, 6.07) is 24.8. The number of carbonyl (C=O) groups excluding carboxylic acids is 5. The average molecular weight is 775 g/mol. The molecule has 264 valence electrons. The number of anilines is 4. The summed E-state index contributed by atoms with van der Waals surface area (Å²) in [5.41, 5.74) is 6.59. The van der Waals surface area contributed by atoms with Gasteiger partial charge in [-0.3, -0.25) is 30.0 Å². The van der Waals surface area contributed by atoms with Crippen molar-refractivity contribution in [1.29, 1.82) is 0 Å². The van der Waals surface area contributed by atoms with E-state index in [1.807, 2.05) is 0 Å². The van der Waals surface area contributed by atoms with E-state index in [-0.39, 0.29) is 81.6 Å². The zero-order valence-electron chi connectivity index (χ0n) is 29.0. The largest absolute Gasteiger partial charge is 1.00 e. The second-order valence-electron chi connectivity index (χ2n) is 11.3. The molecular formula is C37H24N6Na2O9S. The molecule has 18 heteroatoms. The van der Waals surface area contributed by atoms with Gasteiger partial charge >= 0.3 is 59.1 Å². The van der Waals surface area contributed by atoms with E-state index in [1.54, 1.807) is 42.5 Å². The minimum Gasteiger partial charge on any atom is -0.744 e. The first-order valence-electron chi connectivity index (χ1n) is 15.4. The van der Waals surface area contributed by atoms with Crippen LogP contribution >= 0.6 is 0 Å². The fraction of sp³-hybridized carbons (Fsp3) is 0. The number of hydrogen-bond donors (Lipinski definition) is 4. The molecule has 6 rings (SSSR count). The zero-order chi connectivity index (χ0) is 37.7. The zero-order valence-corrected chi connectivity index (χ0v) is 33.8. The Labute approximate surface area is 357 Å². The first kappa shape index (κ1) is 42.4. The maximum absolute atomic E-state index is 13.3. The van der Waals surface area contributed by atoms with Gasteiger partial charge in [-0.05, 0) is 109 Å². The Morgan fingerprint density at radius 1 is 0.636 bits per heavy atom. The third-order valence-electron chi connectivity index (χ3n) is 7.68. The molecule has 0 bridgehead atoms. The summed E-state index contributed by atoms with van der Waals surface area (Å²) in [6.45, 7) is 0. The van der Waals surface area contributed by atoms with E-state index in [0.29, 0.717) is 28.2 Å². The summed E-state index contributed by atoms with van der Waals surface area (Å²) in [5, 5.41) is 24.4. The Hall–Kier alpha value is -5.30. The van der Waals surface area contributed by atoms with Crippen molar-refractivity contribution in [2.75, 3.05) is 21.5 Å². The van der Waals surface area contributed by atoms with Gasteiger partial charge < -0.3 is 25.1 Å². The standard InChI is InChI=1S/C37H26N6O9S.2Na/c44-31-17-15-28(20-30(31)37(48)49)42-40-25-8-6-22(7-9-25)36(47)38-24-10-12-26(13-11-24)41-43-33-32(53(50,51)52)19-23-18-27(14-16-29(23)34(33)45)39-35(46)21-4-2-1-3-5-21;;/h1-20,40-41H,(H,38,47)(H,39,46)(H,48,49)(H,50,51,52);;/q;2*+1/p-2. The number of hydrazone groups is 2. The maximum atomic E-state index is 13.3. The van der Waals surface area contributed by atoms with Gasteiger partial charge in [0.15, 0.2) is 5.78 Å².